The molecule has 0 saturated heterocycles. The molecule has 0 aliphatic carbocycles. The van der Waals surface area contributed by atoms with Gasteiger partial charge < -0.3 is 4.74 Å². The number of ether oxygens (including phenoxy) is 1. The molecule has 92 valence electrons. The van der Waals surface area contributed by atoms with E-state index in [2.05, 4.69) is 4.98 Å². The normalized spacial score (nSPS) is 10.3. The largest absolute Gasteiger partial charge is 0.423 e. The smallest absolute Gasteiger partial charge is 0.343 e. The van der Waals surface area contributed by atoms with Crippen LogP contribution >= 0.6 is 0 Å². The molecular formula is C16H11NO2. The summed E-state index contributed by atoms with van der Waals surface area (Å²) >= 11 is 0. The zero-order chi connectivity index (χ0) is 13.1. The van der Waals surface area contributed by atoms with Crippen molar-refractivity contribution in [2.75, 3.05) is 0 Å². The number of hydrogen-bond acceptors (Lipinski definition) is 3. The van der Waals surface area contributed by atoms with Crippen LogP contribution in [0.5, 0.6) is 5.75 Å². The van der Waals surface area contributed by atoms with E-state index < -0.39 is 0 Å². The molecule has 1 heterocycles. The Morgan fingerprint density at radius 3 is 2.63 bits per heavy atom. The van der Waals surface area contributed by atoms with Gasteiger partial charge in [0, 0.05) is 11.6 Å². The van der Waals surface area contributed by atoms with Crippen molar-refractivity contribution < 1.29 is 9.53 Å². The van der Waals surface area contributed by atoms with Crippen molar-refractivity contribution in [2.45, 2.75) is 0 Å². The summed E-state index contributed by atoms with van der Waals surface area (Å²) in [6.45, 7) is 0. The fourth-order valence-electron chi connectivity index (χ4n) is 1.86. The predicted octanol–water partition coefficient (Wildman–Crippen LogP) is 3.45. The van der Waals surface area contributed by atoms with Gasteiger partial charge in [-0.25, -0.2) is 4.79 Å². The van der Waals surface area contributed by atoms with Crippen molar-refractivity contribution in [1.82, 2.24) is 4.98 Å². The highest BCUT2D eigenvalue weighted by Crippen LogP contribution is 2.19. The highest BCUT2D eigenvalue weighted by Gasteiger charge is 2.07. The van der Waals surface area contributed by atoms with Gasteiger partial charge >= 0.3 is 5.97 Å². The zero-order valence-electron chi connectivity index (χ0n) is 10.1. The predicted molar refractivity (Wildman–Crippen MR) is 73.1 cm³/mol. The van der Waals surface area contributed by atoms with E-state index in [1.165, 1.54) is 0 Å². The van der Waals surface area contributed by atoms with Crippen LogP contribution in [0.25, 0.3) is 10.9 Å². The lowest BCUT2D eigenvalue weighted by Crippen LogP contribution is -2.07. The van der Waals surface area contributed by atoms with Crippen molar-refractivity contribution in [1.29, 1.82) is 0 Å². The number of hydrogen-bond donors (Lipinski definition) is 0. The molecule has 0 radical (unpaired) electrons. The third kappa shape index (κ3) is 2.45. The van der Waals surface area contributed by atoms with Gasteiger partial charge in [0.1, 0.15) is 5.75 Å². The van der Waals surface area contributed by atoms with E-state index in [9.17, 15) is 4.79 Å². The van der Waals surface area contributed by atoms with Crippen molar-refractivity contribution in [3.05, 3.63) is 72.4 Å². The first-order valence-electron chi connectivity index (χ1n) is 5.95. The van der Waals surface area contributed by atoms with E-state index in [-0.39, 0.29) is 5.97 Å². The number of pyridine rings is 1. The SMILES string of the molecule is O=C(Oc1ccc2ncccc2c1)c1ccccc1. The molecule has 0 aliphatic heterocycles. The van der Waals surface area contributed by atoms with Crippen molar-refractivity contribution in [2.24, 2.45) is 0 Å². The number of rotatable bonds is 2. The monoisotopic (exact) mass is 249 g/mol. The Morgan fingerprint density at radius 1 is 0.947 bits per heavy atom. The molecule has 3 nitrogen and oxygen atoms in total. The average Bonchev–Trinajstić information content (AvgIpc) is 2.48. The molecule has 1 aromatic heterocycles. The van der Waals surface area contributed by atoms with Gasteiger partial charge in [-0.15, -0.1) is 0 Å². The molecule has 0 atom stereocenters. The van der Waals surface area contributed by atoms with Gasteiger partial charge in [0.2, 0.25) is 0 Å². The molecule has 3 rings (SSSR count). The molecule has 3 heteroatoms. The van der Waals surface area contributed by atoms with Gasteiger partial charge in [0.25, 0.3) is 0 Å². The second-order valence-corrected chi connectivity index (χ2v) is 4.11. The maximum atomic E-state index is 11.9. The number of fused-ring (bicyclic) bond motifs is 1. The van der Waals surface area contributed by atoms with Crippen LogP contribution in [-0.2, 0) is 0 Å². The zero-order valence-corrected chi connectivity index (χ0v) is 10.1. The molecule has 3 aromatic rings. The van der Waals surface area contributed by atoms with Crippen LogP contribution in [-0.4, -0.2) is 11.0 Å². The van der Waals surface area contributed by atoms with Crippen LogP contribution < -0.4 is 4.74 Å². The van der Waals surface area contributed by atoms with E-state index in [0.29, 0.717) is 11.3 Å². The van der Waals surface area contributed by atoms with Crippen LogP contribution in [0.3, 0.4) is 0 Å². The first kappa shape index (κ1) is 11.4. The fraction of sp³-hybridized carbons (Fsp3) is 0. The number of nitrogens with zero attached hydrogens (tertiary/aromatic N) is 1. The first-order valence-corrected chi connectivity index (χ1v) is 5.95. The van der Waals surface area contributed by atoms with Crippen molar-refractivity contribution >= 4 is 16.9 Å². The maximum absolute atomic E-state index is 11.9. The summed E-state index contributed by atoms with van der Waals surface area (Å²) in [5, 5.41) is 0.945. The van der Waals surface area contributed by atoms with E-state index >= 15 is 0 Å². The molecule has 0 spiro atoms. The molecule has 0 saturated carbocycles. The fourth-order valence-corrected chi connectivity index (χ4v) is 1.86. The minimum absolute atomic E-state index is 0.358. The van der Waals surface area contributed by atoms with E-state index in [1.807, 2.05) is 30.3 Å². The summed E-state index contributed by atoms with van der Waals surface area (Å²) < 4.78 is 5.34. The van der Waals surface area contributed by atoms with Gasteiger partial charge in [-0.2, -0.15) is 0 Å². The Kier molecular flexibility index (Phi) is 2.94. The standard InChI is InChI=1S/C16H11NO2/c18-16(12-5-2-1-3-6-12)19-14-8-9-15-13(11-14)7-4-10-17-15/h1-11H. The summed E-state index contributed by atoms with van der Waals surface area (Å²) in [7, 11) is 0. The van der Waals surface area contributed by atoms with Gasteiger partial charge in [0.15, 0.2) is 0 Å². The lowest BCUT2D eigenvalue weighted by molar-refractivity contribution is 0.0735. The molecule has 19 heavy (non-hydrogen) atoms. The number of aromatic nitrogens is 1. The lowest BCUT2D eigenvalue weighted by atomic mass is 10.2. The number of esters is 1. The summed E-state index contributed by atoms with van der Waals surface area (Å²) in [5.41, 5.74) is 1.41. The minimum atomic E-state index is -0.358. The van der Waals surface area contributed by atoms with Crippen molar-refractivity contribution in [3.63, 3.8) is 0 Å². The summed E-state index contributed by atoms with van der Waals surface area (Å²) in [5.74, 6) is 0.165. The maximum Gasteiger partial charge on any atom is 0.343 e. The highest BCUT2D eigenvalue weighted by atomic mass is 16.5. The summed E-state index contributed by atoms with van der Waals surface area (Å²) in [6, 6.07) is 18.1. The average molecular weight is 249 g/mol. The second-order valence-electron chi connectivity index (χ2n) is 4.11. The summed E-state index contributed by atoms with van der Waals surface area (Å²) in [6.07, 6.45) is 1.73. The third-order valence-corrected chi connectivity index (χ3v) is 2.79. The number of carbonyl (C=O) groups is 1. The Balaban J connectivity index is 1.87. The van der Waals surface area contributed by atoms with E-state index in [0.717, 1.165) is 10.9 Å². The van der Waals surface area contributed by atoms with Crippen LogP contribution in [0.2, 0.25) is 0 Å². The molecule has 0 unspecified atom stereocenters. The number of benzene rings is 2. The first-order chi connectivity index (χ1) is 9.33. The Labute approximate surface area is 110 Å². The van der Waals surface area contributed by atoms with Crippen LogP contribution in [0.4, 0.5) is 0 Å². The molecule has 0 fully saturated rings. The van der Waals surface area contributed by atoms with Gasteiger partial charge in [-0.1, -0.05) is 24.3 Å². The van der Waals surface area contributed by atoms with Crippen LogP contribution in [0.15, 0.2) is 66.9 Å². The van der Waals surface area contributed by atoms with Gasteiger partial charge in [-0.05, 0) is 36.4 Å². The third-order valence-electron chi connectivity index (χ3n) is 2.79. The lowest BCUT2D eigenvalue weighted by Gasteiger charge is -2.05. The molecular weight excluding hydrogens is 238 g/mol. The quantitative estimate of drug-likeness (QED) is 0.515. The van der Waals surface area contributed by atoms with E-state index in [1.54, 1.807) is 36.5 Å². The van der Waals surface area contributed by atoms with Crippen molar-refractivity contribution in [3.8, 4) is 5.75 Å². The Morgan fingerprint density at radius 2 is 1.79 bits per heavy atom. The minimum Gasteiger partial charge on any atom is -0.423 e. The molecule has 2 aromatic carbocycles. The highest BCUT2D eigenvalue weighted by molar-refractivity contribution is 5.91. The van der Waals surface area contributed by atoms with Gasteiger partial charge in [-0.3, -0.25) is 4.98 Å². The number of carbonyl (C=O) groups excluding carboxylic acids is 1. The molecule has 0 N–H and O–H groups in total. The van der Waals surface area contributed by atoms with E-state index in [4.69, 9.17) is 4.74 Å². The molecule has 0 bridgehead atoms. The van der Waals surface area contributed by atoms with Crippen LogP contribution in [0, 0.1) is 0 Å². The van der Waals surface area contributed by atoms with Crippen LogP contribution in [0.1, 0.15) is 10.4 Å². The second kappa shape index (κ2) is 4.90. The topological polar surface area (TPSA) is 39.2 Å². The Hall–Kier alpha value is -2.68. The molecule has 0 amide bonds. The molecule has 0 aliphatic rings. The summed E-state index contributed by atoms with van der Waals surface area (Å²) in [4.78, 5) is 16.1. The van der Waals surface area contributed by atoms with Gasteiger partial charge in [0.05, 0.1) is 11.1 Å². The Bertz CT molecular complexity index is 723.